The zero-order chi connectivity index (χ0) is 21.8. The van der Waals surface area contributed by atoms with Crippen molar-refractivity contribution in [3.05, 3.63) is 79.9 Å². The minimum Gasteiger partial charge on any atom is -0.467 e. The van der Waals surface area contributed by atoms with Gasteiger partial charge in [0.25, 0.3) is 11.5 Å². The molecular formula is C22H26N4O4. The lowest BCUT2D eigenvalue weighted by Crippen LogP contribution is -2.41. The van der Waals surface area contributed by atoms with Crippen molar-refractivity contribution in [3.63, 3.8) is 0 Å². The van der Waals surface area contributed by atoms with Crippen molar-refractivity contribution in [1.82, 2.24) is 9.55 Å². The summed E-state index contributed by atoms with van der Waals surface area (Å²) in [5.74, 6) is 0.0478. The van der Waals surface area contributed by atoms with Crippen molar-refractivity contribution in [1.29, 1.82) is 0 Å². The summed E-state index contributed by atoms with van der Waals surface area (Å²) in [7, 11) is 0. The Bertz CT molecular complexity index is 1160. The third kappa shape index (κ3) is 4.22. The molecule has 0 aliphatic heterocycles. The number of hydrogen-bond donors (Lipinski definition) is 2. The average molecular weight is 410 g/mol. The first kappa shape index (κ1) is 21.2. The fraction of sp³-hybridized carbons (Fsp3) is 0.318. The van der Waals surface area contributed by atoms with E-state index in [1.54, 1.807) is 18.2 Å². The summed E-state index contributed by atoms with van der Waals surface area (Å²) in [6, 6.07) is 8.94. The fourth-order valence-corrected chi connectivity index (χ4v) is 3.30. The normalized spacial score (nSPS) is 10.9. The molecule has 0 fully saturated rings. The van der Waals surface area contributed by atoms with E-state index in [1.807, 2.05) is 32.9 Å². The molecule has 0 bridgehead atoms. The highest BCUT2D eigenvalue weighted by Crippen LogP contribution is 2.24. The molecule has 8 heteroatoms. The van der Waals surface area contributed by atoms with E-state index in [0.29, 0.717) is 24.3 Å². The Morgan fingerprint density at radius 2 is 2.00 bits per heavy atom. The number of aryl methyl sites for hydroxylation is 2. The molecule has 3 rings (SSSR count). The van der Waals surface area contributed by atoms with Gasteiger partial charge in [-0.1, -0.05) is 31.0 Å². The number of anilines is 2. The van der Waals surface area contributed by atoms with Crippen molar-refractivity contribution in [3.8, 4) is 0 Å². The topological polar surface area (TPSA) is 114 Å². The Morgan fingerprint density at radius 3 is 2.67 bits per heavy atom. The van der Waals surface area contributed by atoms with Crippen LogP contribution >= 0.6 is 0 Å². The number of rotatable bonds is 7. The Kier molecular flexibility index (Phi) is 6.25. The number of nitrogens with one attached hydrogen (secondary N) is 1. The first-order valence-electron chi connectivity index (χ1n) is 9.87. The number of benzene rings is 1. The smallest absolute Gasteiger partial charge is 0.330 e. The van der Waals surface area contributed by atoms with Gasteiger partial charge >= 0.3 is 5.69 Å². The molecule has 0 saturated heterocycles. The van der Waals surface area contributed by atoms with Crippen LogP contribution in [0.1, 0.15) is 47.0 Å². The van der Waals surface area contributed by atoms with Gasteiger partial charge in [0.1, 0.15) is 11.6 Å². The average Bonchev–Trinajstić information content (AvgIpc) is 3.21. The molecule has 3 N–H and O–H groups in total. The zero-order valence-electron chi connectivity index (χ0n) is 17.4. The number of aromatic amines is 1. The summed E-state index contributed by atoms with van der Waals surface area (Å²) in [4.78, 5) is 42.2. The third-order valence-electron chi connectivity index (χ3n) is 4.98. The van der Waals surface area contributed by atoms with E-state index < -0.39 is 17.2 Å². The minimum absolute atomic E-state index is 0.00151. The van der Waals surface area contributed by atoms with Crippen molar-refractivity contribution in [2.45, 2.75) is 46.7 Å². The van der Waals surface area contributed by atoms with Crippen LogP contribution in [0.4, 0.5) is 11.5 Å². The first-order valence-corrected chi connectivity index (χ1v) is 9.87. The van der Waals surface area contributed by atoms with E-state index in [2.05, 4.69) is 4.98 Å². The monoisotopic (exact) mass is 410 g/mol. The molecule has 1 amide bonds. The van der Waals surface area contributed by atoms with Gasteiger partial charge in [0.05, 0.1) is 12.8 Å². The van der Waals surface area contributed by atoms with Gasteiger partial charge in [-0.05, 0) is 44.0 Å². The molecule has 0 atom stereocenters. The summed E-state index contributed by atoms with van der Waals surface area (Å²) in [6.07, 6.45) is 3.04. The molecule has 0 unspecified atom stereocenters. The standard InChI is InChI=1S/C22H26N4O4/c1-4-5-10-25-19(23)18(20(27)24-22(25)29)26(13-16-7-6-11-30-16)21(28)17-12-14(2)8-9-15(17)3/h6-9,11-12H,4-5,10,13,23H2,1-3H3,(H,24,27,29). The maximum Gasteiger partial charge on any atom is 0.330 e. The quantitative estimate of drug-likeness (QED) is 0.621. The SMILES string of the molecule is CCCCn1c(N)c(N(Cc2ccco2)C(=O)c2cc(C)ccc2C)c(=O)[nH]c1=O. The highest BCUT2D eigenvalue weighted by atomic mass is 16.3. The van der Waals surface area contributed by atoms with Crippen LogP contribution in [0.2, 0.25) is 0 Å². The lowest BCUT2D eigenvalue weighted by Gasteiger charge is -2.24. The van der Waals surface area contributed by atoms with E-state index in [-0.39, 0.29) is 18.1 Å². The number of furan rings is 1. The molecule has 0 radical (unpaired) electrons. The van der Waals surface area contributed by atoms with Crippen LogP contribution in [-0.4, -0.2) is 15.5 Å². The summed E-state index contributed by atoms with van der Waals surface area (Å²) in [5.41, 5.74) is 7.02. The Morgan fingerprint density at radius 1 is 1.23 bits per heavy atom. The number of hydrogen-bond acceptors (Lipinski definition) is 5. The second-order valence-electron chi connectivity index (χ2n) is 7.29. The van der Waals surface area contributed by atoms with Gasteiger partial charge in [0.15, 0.2) is 5.69 Å². The molecule has 0 aliphatic rings. The van der Waals surface area contributed by atoms with Crippen molar-refractivity contribution < 1.29 is 9.21 Å². The second-order valence-corrected chi connectivity index (χ2v) is 7.29. The fourth-order valence-electron chi connectivity index (χ4n) is 3.30. The predicted molar refractivity (Wildman–Crippen MR) is 116 cm³/mol. The number of nitrogen functional groups attached to an aromatic ring is 1. The maximum atomic E-state index is 13.5. The predicted octanol–water partition coefficient (Wildman–Crippen LogP) is 2.98. The number of amides is 1. The van der Waals surface area contributed by atoms with E-state index in [4.69, 9.17) is 10.2 Å². The van der Waals surface area contributed by atoms with Crippen molar-refractivity contribution in [2.24, 2.45) is 0 Å². The van der Waals surface area contributed by atoms with Crippen LogP contribution in [0.5, 0.6) is 0 Å². The van der Waals surface area contributed by atoms with Crippen LogP contribution in [0.25, 0.3) is 0 Å². The summed E-state index contributed by atoms with van der Waals surface area (Å²) in [5, 5.41) is 0. The van der Waals surface area contributed by atoms with E-state index in [9.17, 15) is 14.4 Å². The van der Waals surface area contributed by atoms with Crippen molar-refractivity contribution in [2.75, 3.05) is 10.6 Å². The van der Waals surface area contributed by atoms with E-state index >= 15 is 0 Å². The number of carbonyl (C=O) groups is 1. The molecule has 2 heterocycles. The van der Waals surface area contributed by atoms with Gasteiger partial charge < -0.3 is 10.2 Å². The van der Waals surface area contributed by atoms with Crippen LogP contribution < -0.4 is 21.9 Å². The maximum absolute atomic E-state index is 13.5. The largest absolute Gasteiger partial charge is 0.467 e. The summed E-state index contributed by atoms with van der Waals surface area (Å²) >= 11 is 0. The number of aromatic nitrogens is 2. The second kappa shape index (κ2) is 8.86. The lowest BCUT2D eigenvalue weighted by molar-refractivity contribution is 0.0982. The number of H-pyrrole nitrogens is 1. The molecule has 158 valence electrons. The molecule has 0 aliphatic carbocycles. The van der Waals surface area contributed by atoms with Gasteiger partial charge in [-0.3, -0.25) is 24.0 Å². The molecule has 1 aromatic carbocycles. The molecule has 0 spiro atoms. The van der Waals surface area contributed by atoms with Crippen LogP contribution in [0, 0.1) is 13.8 Å². The molecule has 0 saturated carbocycles. The minimum atomic E-state index is -0.713. The van der Waals surface area contributed by atoms with Crippen LogP contribution in [0.15, 0.2) is 50.6 Å². The van der Waals surface area contributed by atoms with E-state index in [1.165, 1.54) is 15.7 Å². The van der Waals surface area contributed by atoms with Crippen LogP contribution in [-0.2, 0) is 13.1 Å². The number of nitrogens with two attached hydrogens (primary N) is 1. The third-order valence-corrected chi connectivity index (χ3v) is 4.98. The van der Waals surface area contributed by atoms with Gasteiger partial charge in [-0.25, -0.2) is 4.79 Å². The Labute approximate surface area is 173 Å². The van der Waals surface area contributed by atoms with Gasteiger partial charge in [-0.2, -0.15) is 0 Å². The van der Waals surface area contributed by atoms with Crippen molar-refractivity contribution >= 4 is 17.4 Å². The van der Waals surface area contributed by atoms with Crippen LogP contribution in [0.3, 0.4) is 0 Å². The lowest BCUT2D eigenvalue weighted by atomic mass is 10.0. The molecule has 2 aromatic heterocycles. The van der Waals surface area contributed by atoms with Gasteiger partial charge in [0.2, 0.25) is 0 Å². The summed E-state index contributed by atoms with van der Waals surface area (Å²) < 4.78 is 6.71. The molecule has 8 nitrogen and oxygen atoms in total. The number of nitrogens with zero attached hydrogens (tertiary/aromatic N) is 2. The molecular weight excluding hydrogens is 384 g/mol. The number of carbonyl (C=O) groups excluding carboxylic acids is 1. The molecule has 3 aromatic rings. The Hall–Kier alpha value is -3.55. The Balaban J connectivity index is 2.18. The van der Waals surface area contributed by atoms with E-state index in [0.717, 1.165) is 17.5 Å². The zero-order valence-corrected chi connectivity index (χ0v) is 17.4. The highest BCUT2D eigenvalue weighted by molar-refractivity contribution is 6.08. The van der Waals surface area contributed by atoms with Gasteiger partial charge in [0, 0.05) is 12.1 Å². The summed E-state index contributed by atoms with van der Waals surface area (Å²) in [6.45, 7) is 6.05. The first-order chi connectivity index (χ1) is 14.3. The molecule has 30 heavy (non-hydrogen) atoms. The number of unbranched alkanes of at least 4 members (excludes halogenated alkanes) is 1. The van der Waals surface area contributed by atoms with Gasteiger partial charge in [-0.15, -0.1) is 0 Å². The highest BCUT2D eigenvalue weighted by Gasteiger charge is 2.27.